The zero-order valence-electron chi connectivity index (χ0n) is 18.8. The molecule has 1 aromatic carbocycles. The largest absolute Gasteiger partial charge is 0.478 e. The molecule has 1 N–H and O–H groups in total. The van der Waals surface area contributed by atoms with Crippen LogP contribution in [0.5, 0.6) is 0 Å². The van der Waals surface area contributed by atoms with Crippen molar-refractivity contribution in [2.75, 3.05) is 37.7 Å². The van der Waals surface area contributed by atoms with Gasteiger partial charge in [0, 0.05) is 18.8 Å². The summed E-state index contributed by atoms with van der Waals surface area (Å²) in [4.78, 5) is 27.7. The number of amides is 1. The maximum Gasteiger partial charge on any atom is 0.414 e. The number of anilines is 1. The van der Waals surface area contributed by atoms with Crippen LogP contribution in [0.1, 0.15) is 76.1 Å². The Morgan fingerprint density at radius 2 is 1.33 bits per heavy atom. The number of aromatic carboxylic acids is 1. The molecule has 0 spiro atoms. The second-order valence-electron chi connectivity index (χ2n) is 7.37. The van der Waals surface area contributed by atoms with Gasteiger partial charge < -0.3 is 14.7 Å². The van der Waals surface area contributed by atoms with Crippen LogP contribution >= 0.6 is 12.4 Å². The Morgan fingerprint density at radius 1 is 0.833 bits per heavy atom. The zero-order valence-corrected chi connectivity index (χ0v) is 19.6. The highest BCUT2D eigenvalue weighted by molar-refractivity contribution is 5.90. The summed E-state index contributed by atoms with van der Waals surface area (Å²) in [7, 11) is 0. The number of unbranched alkanes of at least 4 members (excludes halogenated alkanes) is 3. The van der Waals surface area contributed by atoms with E-state index in [4.69, 9.17) is 9.84 Å². The quantitative estimate of drug-likeness (QED) is 0.345. The molecule has 1 aromatic rings. The molecule has 0 aliphatic rings. The van der Waals surface area contributed by atoms with Crippen molar-refractivity contribution in [2.24, 2.45) is 0 Å². The van der Waals surface area contributed by atoms with Crippen LogP contribution in [-0.2, 0) is 4.74 Å². The molecule has 30 heavy (non-hydrogen) atoms. The lowest BCUT2D eigenvalue weighted by molar-refractivity contribution is 0.0697. The van der Waals surface area contributed by atoms with E-state index in [2.05, 4.69) is 25.7 Å². The van der Waals surface area contributed by atoms with Gasteiger partial charge in [-0.15, -0.1) is 12.4 Å². The molecule has 0 aliphatic carbocycles. The Bertz CT molecular complexity index is 587. The summed E-state index contributed by atoms with van der Waals surface area (Å²) in [6, 6.07) is 6.36. The van der Waals surface area contributed by atoms with Crippen LogP contribution < -0.4 is 4.90 Å². The van der Waals surface area contributed by atoms with Crippen molar-refractivity contribution in [1.29, 1.82) is 0 Å². The van der Waals surface area contributed by atoms with Gasteiger partial charge in [0.2, 0.25) is 0 Å². The van der Waals surface area contributed by atoms with Gasteiger partial charge in [-0.05, 0) is 63.0 Å². The molecule has 0 fully saturated rings. The van der Waals surface area contributed by atoms with E-state index in [9.17, 15) is 9.59 Å². The van der Waals surface area contributed by atoms with Gasteiger partial charge in [-0.1, -0.05) is 40.0 Å². The first-order valence-corrected chi connectivity index (χ1v) is 11.0. The lowest BCUT2D eigenvalue weighted by atomic mass is 10.2. The van der Waals surface area contributed by atoms with Crippen molar-refractivity contribution < 1.29 is 19.4 Å². The molecule has 6 nitrogen and oxygen atoms in total. The van der Waals surface area contributed by atoms with Gasteiger partial charge in [-0.25, -0.2) is 9.59 Å². The molecule has 0 saturated heterocycles. The number of halogens is 1. The summed E-state index contributed by atoms with van der Waals surface area (Å²) in [5.74, 6) is -0.977. The number of benzene rings is 1. The van der Waals surface area contributed by atoms with Crippen LogP contribution in [0.3, 0.4) is 0 Å². The van der Waals surface area contributed by atoms with E-state index in [0.717, 1.165) is 38.9 Å². The van der Waals surface area contributed by atoms with Gasteiger partial charge in [0.1, 0.15) is 0 Å². The standard InChI is InChI=1S/C23H38N2O4.ClH/c1-4-7-15-24(16-8-5-2)17-10-19-29-23(28)25(18-9-6-3)21-13-11-20(12-14-21)22(26)27;/h11-14H,4-10,15-19H2,1-3H3,(H,26,27);1H. The van der Waals surface area contributed by atoms with Gasteiger partial charge >= 0.3 is 12.1 Å². The molecule has 1 amide bonds. The Kier molecular flexibility index (Phi) is 15.9. The molecule has 0 atom stereocenters. The molecule has 0 aromatic heterocycles. The van der Waals surface area contributed by atoms with Crippen molar-refractivity contribution in [2.45, 2.75) is 65.7 Å². The molecule has 7 heteroatoms. The first kappa shape index (κ1) is 28.2. The summed E-state index contributed by atoms with van der Waals surface area (Å²) in [6.45, 7) is 10.6. The molecule has 0 heterocycles. The number of carboxylic acid groups (broad SMARTS) is 1. The summed E-state index contributed by atoms with van der Waals surface area (Å²) in [5.41, 5.74) is 0.873. The monoisotopic (exact) mass is 442 g/mol. The Morgan fingerprint density at radius 3 is 1.83 bits per heavy atom. The van der Waals surface area contributed by atoms with E-state index < -0.39 is 5.97 Å². The maximum absolute atomic E-state index is 12.6. The molecule has 0 unspecified atom stereocenters. The van der Waals surface area contributed by atoms with Crippen LogP contribution in [0, 0.1) is 0 Å². The average molecular weight is 443 g/mol. The number of ether oxygens (including phenoxy) is 1. The SMILES string of the molecule is CCCCN(CCCC)CCCOC(=O)N(CCCC)c1ccc(C(=O)O)cc1.Cl. The molecule has 0 saturated carbocycles. The second kappa shape index (κ2) is 16.9. The predicted octanol–water partition coefficient (Wildman–Crippen LogP) is 5.84. The van der Waals surface area contributed by atoms with E-state index >= 15 is 0 Å². The minimum Gasteiger partial charge on any atom is -0.478 e. The molecule has 0 aliphatic heterocycles. The molecule has 0 bridgehead atoms. The maximum atomic E-state index is 12.6. The fourth-order valence-corrected chi connectivity index (χ4v) is 3.05. The van der Waals surface area contributed by atoms with E-state index in [1.807, 2.05) is 0 Å². The molecular weight excluding hydrogens is 404 g/mol. The average Bonchev–Trinajstić information content (AvgIpc) is 2.73. The van der Waals surface area contributed by atoms with E-state index in [1.165, 1.54) is 37.8 Å². The number of carbonyl (C=O) groups excluding carboxylic acids is 1. The van der Waals surface area contributed by atoms with Crippen LogP contribution in [0.2, 0.25) is 0 Å². The third-order valence-electron chi connectivity index (χ3n) is 4.88. The molecular formula is C23H39ClN2O4. The zero-order chi connectivity index (χ0) is 21.5. The first-order chi connectivity index (χ1) is 14.0. The summed E-state index contributed by atoms with van der Waals surface area (Å²) in [6.07, 6.45) is 7.03. The minimum absolute atomic E-state index is 0. The summed E-state index contributed by atoms with van der Waals surface area (Å²) >= 11 is 0. The molecule has 0 radical (unpaired) electrons. The van der Waals surface area contributed by atoms with E-state index in [-0.39, 0.29) is 24.1 Å². The number of carboxylic acids is 1. The number of nitrogens with zero attached hydrogens (tertiary/aromatic N) is 2. The van der Waals surface area contributed by atoms with Crippen LogP contribution in [0.4, 0.5) is 10.5 Å². The fourth-order valence-electron chi connectivity index (χ4n) is 3.05. The minimum atomic E-state index is -0.977. The van der Waals surface area contributed by atoms with Gasteiger partial charge in [0.15, 0.2) is 0 Å². The van der Waals surface area contributed by atoms with Crippen LogP contribution in [0.15, 0.2) is 24.3 Å². The second-order valence-corrected chi connectivity index (χ2v) is 7.37. The third kappa shape index (κ3) is 10.8. The van der Waals surface area contributed by atoms with Crippen molar-refractivity contribution in [3.05, 3.63) is 29.8 Å². The highest BCUT2D eigenvalue weighted by Gasteiger charge is 2.17. The van der Waals surface area contributed by atoms with Gasteiger partial charge in [0.05, 0.1) is 12.2 Å². The summed E-state index contributed by atoms with van der Waals surface area (Å²) in [5, 5.41) is 9.05. The number of hydrogen-bond acceptors (Lipinski definition) is 4. The topological polar surface area (TPSA) is 70.1 Å². The van der Waals surface area contributed by atoms with Crippen molar-refractivity contribution in [3.8, 4) is 0 Å². The smallest absolute Gasteiger partial charge is 0.414 e. The number of hydrogen-bond donors (Lipinski definition) is 1. The predicted molar refractivity (Wildman–Crippen MR) is 125 cm³/mol. The first-order valence-electron chi connectivity index (χ1n) is 11.0. The normalized spacial score (nSPS) is 10.5. The van der Waals surface area contributed by atoms with E-state index in [1.54, 1.807) is 17.0 Å². The number of rotatable bonds is 15. The van der Waals surface area contributed by atoms with E-state index in [0.29, 0.717) is 18.8 Å². The van der Waals surface area contributed by atoms with Gasteiger partial charge in [-0.3, -0.25) is 4.90 Å². The molecule has 172 valence electrons. The fraction of sp³-hybridized carbons (Fsp3) is 0.652. The number of carbonyl (C=O) groups is 2. The Balaban J connectivity index is 0.00000841. The van der Waals surface area contributed by atoms with Crippen LogP contribution in [0.25, 0.3) is 0 Å². The summed E-state index contributed by atoms with van der Waals surface area (Å²) < 4.78 is 5.54. The van der Waals surface area contributed by atoms with Crippen LogP contribution in [-0.4, -0.2) is 54.9 Å². The van der Waals surface area contributed by atoms with Gasteiger partial charge in [0.25, 0.3) is 0 Å². The highest BCUT2D eigenvalue weighted by atomic mass is 35.5. The lowest BCUT2D eigenvalue weighted by Crippen LogP contribution is -2.33. The Hall–Kier alpha value is -1.79. The highest BCUT2D eigenvalue weighted by Crippen LogP contribution is 2.18. The van der Waals surface area contributed by atoms with Crippen molar-refractivity contribution in [3.63, 3.8) is 0 Å². The van der Waals surface area contributed by atoms with Gasteiger partial charge in [-0.2, -0.15) is 0 Å². The lowest BCUT2D eigenvalue weighted by Gasteiger charge is -2.24. The third-order valence-corrected chi connectivity index (χ3v) is 4.88. The Labute approximate surface area is 188 Å². The van der Waals surface area contributed by atoms with Crippen molar-refractivity contribution in [1.82, 2.24) is 4.90 Å². The van der Waals surface area contributed by atoms with Crippen molar-refractivity contribution >= 4 is 30.2 Å². The molecule has 1 rings (SSSR count).